The lowest BCUT2D eigenvalue weighted by Gasteiger charge is -2.29. The first-order chi connectivity index (χ1) is 27.0. The Labute approximate surface area is 335 Å². The van der Waals surface area contributed by atoms with Crippen molar-refractivity contribution in [2.45, 2.75) is 51.3 Å². The van der Waals surface area contributed by atoms with Crippen molar-refractivity contribution in [3.05, 3.63) is 118 Å². The van der Waals surface area contributed by atoms with Gasteiger partial charge in [-0.05, 0) is 96.5 Å². The van der Waals surface area contributed by atoms with Crippen LogP contribution in [0.5, 0.6) is 11.5 Å². The van der Waals surface area contributed by atoms with Crippen molar-refractivity contribution in [1.29, 1.82) is 0 Å². The van der Waals surface area contributed by atoms with Crippen LogP contribution in [0.2, 0.25) is 0 Å². The number of anilines is 2. The number of Topliss-reactive ketones (excluding diaryl/α,β-unsaturated/α-hetero) is 2. The SMILES string of the molecule is Cc1cc2c(c(O)c1-c1c(C)cc3c(c1O)C(=CNc1ccc(S(N)(=O)=O)cc1)C(=O)C(O)=C3C(C)C)C(=CNc1ccc(S(N)(=O)=O)cc1)C(=O)C(O)=C2C(C)C. The molecule has 4 aromatic carbocycles. The van der Waals surface area contributed by atoms with Crippen molar-refractivity contribution < 1.29 is 46.9 Å². The Morgan fingerprint density at radius 3 is 1.14 bits per heavy atom. The van der Waals surface area contributed by atoms with Crippen molar-refractivity contribution >= 4 is 65.3 Å². The summed E-state index contributed by atoms with van der Waals surface area (Å²) < 4.78 is 47.1. The highest BCUT2D eigenvalue weighted by atomic mass is 32.2. The van der Waals surface area contributed by atoms with E-state index >= 15 is 0 Å². The fourth-order valence-corrected chi connectivity index (χ4v) is 8.45. The number of fused-ring (bicyclic) bond motifs is 2. The monoisotopic (exact) mass is 826 g/mol. The number of primary sulfonamides is 2. The smallest absolute Gasteiger partial charge is 0.238 e. The minimum absolute atomic E-state index is 0.0501. The number of phenolic OH excluding ortho intramolecular Hbond substituents is 2. The van der Waals surface area contributed by atoms with Crippen LogP contribution in [-0.4, -0.2) is 48.8 Å². The number of hydrogen-bond acceptors (Lipinski definition) is 12. The molecular weight excluding hydrogens is 785 g/mol. The molecule has 16 heteroatoms. The largest absolute Gasteiger partial charge is 0.507 e. The van der Waals surface area contributed by atoms with Gasteiger partial charge in [0.1, 0.15) is 11.5 Å². The van der Waals surface area contributed by atoms with E-state index in [1.54, 1.807) is 53.7 Å². The van der Waals surface area contributed by atoms with E-state index in [2.05, 4.69) is 10.6 Å². The average molecular weight is 827 g/mol. The van der Waals surface area contributed by atoms with E-state index in [1.165, 1.54) is 60.9 Å². The first kappa shape index (κ1) is 41.4. The molecule has 0 saturated heterocycles. The van der Waals surface area contributed by atoms with Crippen LogP contribution in [0.4, 0.5) is 11.4 Å². The van der Waals surface area contributed by atoms with Crippen LogP contribution in [-0.2, 0) is 29.6 Å². The maximum Gasteiger partial charge on any atom is 0.238 e. The molecule has 0 aromatic heterocycles. The molecule has 0 atom stereocenters. The predicted octanol–water partition coefficient (Wildman–Crippen LogP) is 6.60. The number of sulfonamides is 2. The van der Waals surface area contributed by atoms with Gasteiger partial charge < -0.3 is 31.1 Å². The number of aliphatic hydroxyl groups is 2. The highest BCUT2D eigenvalue weighted by Crippen LogP contribution is 2.53. The number of allylic oxidation sites excluding steroid dienone is 4. The Balaban J connectivity index is 1.58. The topological polar surface area (TPSA) is 259 Å². The molecule has 0 saturated carbocycles. The Morgan fingerprint density at radius 2 is 0.862 bits per heavy atom. The summed E-state index contributed by atoms with van der Waals surface area (Å²) in [6, 6.07) is 14.2. The molecule has 302 valence electrons. The highest BCUT2D eigenvalue weighted by Gasteiger charge is 2.38. The van der Waals surface area contributed by atoms with Gasteiger partial charge in [0.25, 0.3) is 0 Å². The van der Waals surface area contributed by atoms with Gasteiger partial charge >= 0.3 is 0 Å². The van der Waals surface area contributed by atoms with Crippen molar-refractivity contribution in [3.63, 3.8) is 0 Å². The molecule has 0 amide bonds. The number of nitrogens with one attached hydrogen (secondary N) is 2. The first-order valence-electron chi connectivity index (χ1n) is 17.9. The van der Waals surface area contributed by atoms with E-state index in [-0.39, 0.29) is 66.2 Å². The summed E-state index contributed by atoms with van der Waals surface area (Å²) in [5, 5.41) is 63.4. The molecule has 0 aliphatic heterocycles. The third-order valence-corrected chi connectivity index (χ3v) is 11.9. The van der Waals surface area contributed by atoms with Gasteiger partial charge in [-0.3, -0.25) is 9.59 Å². The van der Waals surface area contributed by atoms with E-state index < -0.39 is 54.6 Å². The van der Waals surface area contributed by atoms with Gasteiger partial charge in [-0.25, -0.2) is 27.1 Å². The second-order valence-corrected chi connectivity index (χ2v) is 17.8. The standard InChI is InChI=1S/C42H42N4O10S2/c1-19(2)31-27-15-21(5)33(39(49)35(27)29(37(47)41(31)51)17-45-23-7-11-25(12-8-23)57(43,53)54)34-22(6)16-28-32(20(3)4)42(52)38(48)30(36(28)40(34)50)18-46-24-9-13-26(14-10-24)58(44,55)56/h7-20,45-46,49-52H,1-6H3,(H2,43,53,54)(H2,44,55,56). The van der Waals surface area contributed by atoms with Crippen molar-refractivity contribution in [2.24, 2.45) is 22.1 Å². The van der Waals surface area contributed by atoms with Gasteiger partial charge in [-0.15, -0.1) is 0 Å². The Morgan fingerprint density at radius 1 is 0.552 bits per heavy atom. The molecule has 6 rings (SSSR count). The molecule has 0 spiro atoms. The maximum absolute atomic E-state index is 13.9. The van der Waals surface area contributed by atoms with Gasteiger partial charge in [0, 0.05) is 57.2 Å². The number of rotatable bonds is 9. The molecule has 10 N–H and O–H groups in total. The van der Waals surface area contributed by atoms with Gasteiger partial charge in [0.2, 0.25) is 31.6 Å². The number of ketones is 2. The number of carbonyl (C=O) groups is 2. The van der Waals surface area contributed by atoms with Crippen LogP contribution in [0.25, 0.3) is 33.4 Å². The Hall–Kier alpha value is -6.20. The van der Waals surface area contributed by atoms with Crippen LogP contribution in [0.15, 0.2) is 94.4 Å². The number of hydrogen-bond donors (Lipinski definition) is 8. The number of aromatic hydroxyl groups is 2. The molecule has 2 aliphatic carbocycles. The maximum atomic E-state index is 13.9. The molecule has 0 unspecified atom stereocenters. The summed E-state index contributed by atoms with van der Waals surface area (Å²) in [6.07, 6.45) is 2.56. The van der Waals surface area contributed by atoms with E-state index in [1.807, 2.05) is 0 Å². The molecule has 0 fully saturated rings. The summed E-state index contributed by atoms with van der Waals surface area (Å²) in [7, 11) is -7.94. The van der Waals surface area contributed by atoms with Crippen LogP contribution in [0.3, 0.4) is 0 Å². The van der Waals surface area contributed by atoms with Gasteiger partial charge in [-0.2, -0.15) is 0 Å². The number of carbonyl (C=O) groups excluding carboxylic acids is 2. The van der Waals surface area contributed by atoms with E-state index in [9.17, 15) is 46.9 Å². The lowest BCUT2D eigenvalue weighted by atomic mass is 9.75. The molecule has 58 heavy (non-hydrogen) atoms. The average Bonchev–Trinajstić information content (AvgIpc) is 3.13. The Bertz CT molecular complexity index is 2610. The van der Waals surface area contributed by atoms with E-state index in [0.717, 1.165) is 0 Å². The molecule has 0 heterocycles. The van der Waals surface area contributed by atoms with Crippen LogP contribution in [0, 0.1) is 25.7 Å². The van der Waals surface area contributed by atoms with Gasteiger partial charge in [0.15, 0.2) is 11.5 Å². The third kappa shape index (κ3) is 7.26. The normalized spacial score (nSPS) is 16.1. The second kappa shape index (κ2) is 14.9. The Kier molecular flexibility index (Phi) is 10.7. The fourth-order valence-electron chi connectivity index (χ4n) is 7.42. The summed E-state index contributed by atoms with van der Waals surface area (Å²) in [4.78, 5) is 27.5. The lowest BCUT2D eigenvalue weighted by molar-refractivity contribution is -0.113. The third-order valence-electron chi connectivity index (χ3n) is 10.1. The van der Waals surface area contributed by atoms with E-state index in [4.69, 9.17) is 10.3 Å². The highest BCUT2D eigenvalue weighted by molar-refractivity contribution is 7.89. The number of benzene rings is 4. The summed E-state index contributed by atoms with van der Waals surface area (Å²) in [6.45, 7) is 10.5. The molecule has 2 aliphatic rings. The van der Waals surface area contributed by atoms with Crippen molar-refractivity contribution in [3.8, 4) is 22.6 Å². The van der Waals surface area contributed by atoms with Crippen LogP contribution >= 0.6 is 0 Å². The molecular formula is C42H42N4O10S2. The first-order valence-corrected chi connectivity index (χ1v) is 21.0. The second-order valence-electron chi connectivity index (χ2n) is 14.7. The number of phenols is 2. The molecule has 4 aromatic rings. The van der Waals surface area contributed by atoms with Gasteiger partial charge in [0.05, 0.1) is 20.9 Å². The number of aliphatic hydroxyl groups excluding tert-OH is 2. The zero-order valence-corrected chi connectivity index (χ0v) is 33.9. The van der Waals surface area contributed by atoms with Gasteiger partial charge in [-0.1, -0.05) is 39.8 Å². The number of aryl methyl sites for hydroxylation is 2. The quantitative estimate of drug-likeness (QED) is 0.0831. The minimum atomic E-state index is -3.97. The minimum Gasteiger partial charge on any atom is -0.507 e. The lowest BCUT2D eigenvalue weighted by Crippen LogP contribution is -2.20. The predicted molar refractivity (Wildman–Crippen MR) is 222 cm³/mol. The fraction of sp³-hybridized carbons (Fsp3) is 0.190. The molecule has 0 bridgehead atoms. The summed E-state index contributed by atoms with van der Waals surface area (Å²) in [5.41, 5.74) is 2.99. The van der Waals surface area contributed by atoms with E-state index in [0.29, 0.717) is 33.6 Å². The van der Waals surface area contributed by atoms with Crippen molar-refractivity contribution in [2.75, 3.05) is 10.6 Å². The van der Waals surface area contributed by atoms with Crippen LogP contribution in [0.1, 0.15) is 61.1 Å². The van der Waals surface area contributed by atoms with Crippen LogP contribution < -0.4 is 20.9 Å². The molecule has 14 nitrogen and oxygen atoms in total. The zero-order valence-electron chi connectivity index (χ0n) is 32.3. The molecule has 0 radical (unpaired) electrons. The van der Waals surface area contributed by atoms with Crippen molar-refractivity contribution in [1.82, 2.24) is 0 Å². The zero-order chi connectivity index (χ0) is 42.8. The summed E-state index contributed by atoms with van der Waals surface area (Å²) in [5.74, 6) is -4.21. The summed E-state index contributed by atoms with van der Waals surface area (Å²) >= 11 is 0. The number of nitrogens with two attached hydrogens (primary N) is 2.